The van der Waals surface area contributed by atoms with E-state index in [1.165, 1.54) is 12.1 Å². The van der Waals surface area contributed by atoms with Gasteiger partial charge in [-0.05, 0) is 35.9 Å². The lowest BCUT2D eigenvalue weighted by Gasteiger charge is -2.06. The van der Waals surface area contributed by atoms with Crippen LogP contribution < -0.4 is 0 Å². The second-order valence-electron chi connectivity index (χ2n) is 5.14. The van der Waals surface area contributed by atoms with Gasteiger partial charge in [0.05, 0.1) is 5.56 Å². The minimum Gasteiger partial charge on any atom is -0.344 e. The number of alkyl halides is 3. The minimum absolute atomic E-state index is 0.630. The molecule has 0 bridgehead atoms. The number of aromatic nitrogens is 1. The highest BCUT2D eigenvalue weighted by atomic mass is 19.4. The molecule has 0 atom stereocenters. The molecule has 0 saturated carbocycles. The minimum atomic E-state index is -4.29. The quantitative estimate of drug-likeness (QED) is 0.600. The van der Waals surface area contributed by atoms with Crippen LogP contribution in [0.1, 0.15) is 16.8 Å². The van der Waals surface area contributed by atoms with Gasteiger partial charge in [-0.2, -0.15) is 13.2 Å². The molecule has 4 heteroatoms. The Morgan fingerprint density at radius 1 is 0.909 bits per heavy atom. The summed E-state index contributed by atoms with van der Waals surface area (Å²) in [6.07, 6.45) is -0.574. The van der Waals surface area contributed by atoms with Gasteiger partial charge in [-0.1, -0.05) is 36.4 Å². The van der Waals surface area contributed by atoms with Gasteiger partial charge in [0.25, 0.3) is 0 Å². The van der Waals surface area contributed by atoms with Crippen LogP contribution >= 0.6 is 0 Å². The van der Waals surface area contributed by atoms with E-state index in [2.05, 4.69) is 10.6 Å². The third-order valence-corrected chi connectivity index (χ3v) is 3.67. The van der Waals surface area contributed by atoms with E-state index in [9.17, 15) is 13.2 Å². The second-order valence-corrected chi connectivity index (χ2v) is 5.14. The first-order valence-electron chi connectivity index (χ1n) is 6.85. The molecule has 3 aromatic rings. The Morgan fingerprint density at radius 2 is 1.59 bits per heavy atom. The monoisotopic (exact) mass is 301 g/mol. The molecular weight excluding hydrogens is 287 g/mol. The molecule has 0 radical (unpaired) electrons. The number of aryl methyl sites for hydroxylation is 1. The summed E-state index contributed by atoms with van der Waals surface area (Å²) in [7, 11) is 1.97. The summed E-state index contributed by atoms with van der Waals surface area (Å²) in [5.74, 6) is 0. The Bertz CT molecular complexity index is 824. The van der Waals surface area contributed by atoms with Gasteiger partial charge in [0.2, 0.25) is 0 Å². The zero-order chi connectivity index (χ0) is 15.7. The molecule has 0 amide bonds. The molecule has 0 aliphatic heterocycles. The first kappa shape index (κ1) is 14.4. The first-order valence-corrected chi connectivity index (χ1v) is 6.85. The predicted molar refractivity (Wildman–Crippen MR) is 83.3 cm³/mol. The topological polar surface area (TPSA) is 4.93 Å². The standard InChI is InChI=1S/C18H14F3N/c1-22-16(12-14-4-2-3-5-17(14)22)11-8-13-6-9-15(10-7-13)18(19,20)21/h2-12H,1H3/b11-8+. The molecule has 0 aliphatic carbocycles. The van der Waals surface area contributed by atoms with Crippen LogP contribution in [0.4, 0.5) is 13.2 Å². The van der Waals surface area contributed by atoms with Gasteiger partial charge in [-0.25, -0.2) is 0 Å². The average Bonchev–Trinajstić information content (AvgIpc) is 2.82. The molecule has 22 heavy (non-hydrogen) atoms. The maximum absolute atomic E-state index is 12.5. The Balaban J connectivity index is 1.88. The van der Waals surface area contributed by atoms with E-state index in [0.29, 0.717) is 0 Å². The van der Waals surface area contributed by atoms with Crippen molar-refractivity contribution in [1.82, 2.24) is 4.57 Å². The highest BCUT2D eigenvalue weighted by molar-refractivity contribution is 5.85. The van der Waals surface area contributed by atoms with E-state index in [1.54, 1.807) is 0 Å². The van der Waals surface area contributed by atoms with Gasteiger partial charge < -0.3 is 4.57 Å². The molecule has 1 nitrogen and oxygen atoms in total. The van der Waals surface area contributed by atoms with Crippen LogP contribution in [0.3, 0.4) is 0 Å². The van der Waals surface area contributed by atoms with Crippen molar-refractivity contribution in [3.63, 3.8) is 0 Å². The van der Waals surface area contributed by atoms with E-state index in [-0.39, 0.29) is 0 Å². The number of hydrogen-bond acceptors (Lipinski definition) is 0. The van der Waals surface area contributed by atoms with Crippen LogP contribution in [0.5, 0.6) is 0 Å². The summed E-state index contributed by atoms with van der Waals surface area (Å²) < 4.78 is 39.6. The van der Waals surface area contributed by atoms with Gasteiger partial charge in [-0.3, -0.25) is 0 Å². The van der Waals surface area contributed by atoms with Gasteiger partial charge >= 0.3 is 6.18 Å². The van der Waals surface area contributed by atoms with E-state index in [4.69, 9.17) is 0 Å². The van der Waals surface area contributed by atoms with Crippen molar-refractivity contribution in [2.75, 3.05) is 0 Å². The van der Waals surface area contributed by atoms with E-state index in [1.807, 2.05) is 43.5 Å². The third-order valence-electron chi connectivity index (χ3n) is 3.67. The van der Waals surface area contributed by atoms with E-state index >= 15 is 0 Å². The Labute approximate surface area is 126 Å². The normalized spacial score (nSPS) is 12.4. The number of fused-ring (bicyclic) bond motifs is 1. The van der Waals surface area contributed by atoms with Crippen molar-refractivity contribution >= 4 is 23.1 Å². The molecule has 0 unspecified atom stereocenters. The van der Waals surface area contributed by atoms with Gasteiger partial charge in [0.1, 0.15) is 0 Å². The summed E-state index contributed by atoms with van der Waals surface area (Å²) in [4.78, 5) is 0. The molecule has 0 saturated heterocycles. The second kappa shape index (κ2) is 5.37. The lowest BCUT2D eigenvalue weighted by Crippen LogP contribution is -2.03. The van der Waals surface area contributed by atoms with Crippen molar-refractivity contribution in [3.05, 3.63) is 71.4 Å². The smallest absolute Gasteiger partial charge is 0.344 e. The SMILES string of the molecule is Cn1c(/C=C/c2ccc(C(F)(F)F)cc2)cc2ccccc21. The molecule has 112 valence electrons. The molecule has 0 aliphatic rings. The predicted octanol–water partition coefficient (Wildman–Crippen LogP) is 5.37. The zero-order valence-electron chi connectivity index (χ0n) is 11.9. The molecule has 3 rings (SSSR count). The largest absolute Gasteiger partial charge is 0.416 e. The molecular formula is C18H14F3N. The molecule has 0 spiro atoms. The van der Waals surface area contributed by atoms with Crippen LogP contribution in [0.25, 0.3) is 23.1 Å². The molecule has 1 heterocycles. The maximum atomic E-state index is 12.5. The maximum Gasteiger partial charge on any atom is 0.416 e. The van der Waals surface area contributed by atoms with Gasteiger partial charge in [0.15, 0.2) is 0 Å². The lowest BCUT2D eigenvalue weighted by molar-refractivity contribution is -0.137. The van der Waals surface area contributed by atoms with Crippen LogP contribution in [0.2, 0.25) is 0 Å². The van der Waals surface area contributed by atoms with E-state index < -0.39 is 11.7 Å². The fourth-order valence-corrected chi connectivity index (χ4v) is 2.44. The molecule has 0 N–H and O–H groups in total. The number of nitrogens with zero attached hydrogens (tertiary/aromatic N) is 1. The Kier molecular flexibility index (Phi) is 3.53. The average molecular weight is 301 g/mol. The summed E-state index contributed by atoms with van der Waals surface area (Å²) in [5, 5.41) is 1.14. The third kappa shape index (κ3) is 2.77. The molecule has 1 aromatic heterocycles. The lowest BCUT2D eigenvalue weighted by atomic mass is 10.1. The van der Waals surface area contributed by atoms with Crippen LogP contribution in [0, 0.1) is 0 Å². The Hall–Kier alpha value is -2.49. The summed E-state index contributed by atoms with van der Waals surface area (Å²) >= 11 is 0. The Morgan fingerprint density at radius 3 is 2.23 bits per heavy atom. The molecule has 2 aromatic carbocycles. The van der Waals surface area contributed by atoms with Gasteiger partial charge in [-0.15, -0.1) is 0 Å². The zero-order valence-corrected chi connectivity index (χ0v) is 11.9. The number of hydrogen-bond donors (Lipinski definition) is 0. The van der Waals surface area contributed by atoms with Crippen LogP contribution in [0.15, 0.2) is 54.6 Å². The molecule has 0 fully saturated rings. The number of halogens is 3. The fraction of sp³-hybridized carbons (Fsp3) is 0.111. The van der Waals surface area contributed by atoms with Crippen molar-refractivity contribution in [1.29, 1.82) is 0 Å². The van der Waals surface area contributed by atoms with E-state index in [0.717, 1.165) is 34.3 Å². The number of para-hydroxylation sites is 1. The first-order chi connectivity index (χ1) is 10.4. The van der Waals surface area contributed by atoms with Crippen molar-refractivity contribution in [2.45, 2.75) is 6.18 Å². The van der Waals surface area contributed by atoms with Crippen molar-refractivity contribution in [2.24, 2.45) is 7.05 Å². The van der Waals surface area contributed by atoms with Crippen LogP contribution in [-0.4, -0.2) is 4.57 Å². The van der Waals surface area contributed by atoms with Crippen LogP contribution in [-0.2, 0) is 13.2 Å². The fourth-order valence-electron chi connectivity index (χ4n) is 2.44. The number of benzene rings is 2. The summed E-state index contributed by atoms with van der Waals surface area (Å²) in [5.41, 5.74) is 2.23. The highest BCUT2D eigenvalue weighted by Gasteiger charge is 2.29. The highest BCUT2D eigenvalue weighted by Crippen LogP contribution is 2.29. The van der Waals surface area contributed by atoms with Crippen molar-refractivity contribution in [3.8, 4) is 0 Å². The van der Waals surface area contributed by atoms with Crippen molar-refractivity contribution < 1.29 is 13.2 Å². The number of rotatable bonds is 2. The van der Waals surface area contributed by atoms with Gasteiger partial charge in [0, 0.05) is 23.6 Å². The summed E-state index contributed by atoms with van der Waals surface area (Å²) in [6, 6.07) is 15.2. The summed E-state index contributed by atoms with van der Waals surface area (Å²) in [6.45, 7) is 0.